The Morgan fingerprint density at radius 1 is 1.23 bits per heavy atom. The minimum absolute atomic E-state index is 0.143. The summed E-state index contributed by atoms with van der Waals surface area (Å²) in [5.74, 6) is 0.976. The van der Waals surface area contributed by atoms with Gasteiger partial charge in [0.2, 0.25) is 5.91 Å². The maximum atomic E-state index is 13.3. The first kappa shape index (κ1) is 28.8. The molecule has 216 valence electrons. The molecule has 5 aliphatic rings. The van der Waals surface area contributed by atoms with Gasteiger partial charge in [0.05, 0.1) is 24.8 Å². The molecule has 40 heavy (non-hydrogen) atoms. The lowest BCUT2D eigenvalue weighted by Gasteiger charge is -2.64. The van der Waals surface area contributed by atoms with Crippen molar-refractivity contribution in [2.45, 2.75) is 97.5 Å². The number of ether oxygens (including phenoxy) is 2. The number of hydrogen-bond donors (Lipinski definition) is 0. The average Bonchev–Trinajstić information content (AvgIpc) is 3.18. The van der Waals surface area contributed by atoms with Crippen LogP contribution in [0, 0.1) is 24.2 Å². The minimum Gasteiger partial charge on any atom is -0.486 e. The molecule has 0 unspecified atom stereocenters. The summed E-state index contributed by atoms with van der Waals surface area (Å²) in [4.78, 5) is 29.6. The summed E-state index contributed by atoms with van der Waals surface area (Å²) in [6, 6.07) is 3.81. The standard InChI is InChI=1S/C29H41BN4O6/c1-17-18(10-11-30-39-23-13-19-12-22(28(19,5)6)29(23,7)40-30)8-9-21(25(17)26(36)38-27(2,3)4)37-20-15-34(16-20)24(35)14-32-33-31/h8-9,19-20,22-23H,10-16H2,1-7H3/t19-,22-,23+,29-/m0/s1. The maximum absolute atomic E-state index is 13.3. The number of azide groups is 1. The molecule has 0 aromatic heterocycles. The van der Waals surface area contributed by atoms with Crippen molar-refractivity contribution in [3.05, 3.63) is 39.3 Å². The van der Waals surface area contributed by atoms with E-state index >= 15 is 0 Å². The molecule has 2 bridgehead atoms. The van der Waals surface area contributed by atoms with Gasteiger partial charge in [-0.3, -0.25) is 4.79 Å². The van der Waals surface area contributed by atoms with Crippen LogP contribution in [0.1, 0.15) is 75.9 Å². The zero-order valence-corrected chi connectivity index (χ0v) is 24.7. The molecule has 2 aliphatic heterocycles. The van der Waals surface area contributed by atoms with Crippen LogP contribution in [0.15, 0.2) is 17.2 Å². The van der Waals surface area contributed by atoms with Gasteiger partial charge in [-0.2, -0.15) is 0 Å². The van der Waals surface area contributed by atoms with Gasteiger partial charge in [-0.15, -0.1) is 0 Å². The topological polar surface area (TPSA) is 123 Å². The Labute approximate surface area is 236 Å². The van der Waals surface area contributed by atoms with Crippen molar-refractivity contribution in [3.8, 4) is 5.75 Å². The molecule has 3 saturated carbocycles. The second kappa shape index (κ2) is 10.3. The molecule has 0 radical (unpaired) electrons. The van der Waals surface area contributed by atoms with Crippen LogP contribution >= 0.6 is 0 Å². The van der Waals surface area contributed by atoms with Gasteiger partial charge in [-0.05, 0) is 100 Å². The van der Waals surface area contributed by atoms with E-state index in [-0.39, 0.29) is 37.4 Å². The molecule has 11 heteroatoms. The van der Waals surface area contributed by atoms with E-state index in [1.54, 1.807) is 4.90 Å². The van der Waals surface area contributed by atoms with Crippen molar-refractivity contribution in [2.75, 3.05) is 19.6 Å². The van der Waals surface area contributed by atoms with Crippen LogP contribution in [0.4, 0.5) is 0 Å². The van der Waals surface area contributed by atoms with E-state index < -0.39 is 11.6 Å². The van der Waals surface area contributed by atoms with Gasteiger partial charge in [0.25, 0.3) is 0 Å². The fourth-order valence-electron chi connectivity index (χ4n) is 7.12. The molecule has 4 atom stereocenters. The molecule has 0 N–H and O–H groups in total. The number of rotatable bonds is 8. The van der Waals surface area contributed by atoms with E-state index in [4.69, 9.17) is 24.3 Å². The molecule has 5 fully saturated rings. The Morgan fingerprint density at radius 2 is 1.95 bits per heavy atom. The van der Waals surface area contributed by atoms with Gasteiger partial charge in [-0.25, -0.2) is 4.79 Å². The molecule has 6 rings (SSSR count). The monoisotopic (exact) mass is 552 g/mol. The van der Waals surface area contributed by atoms with E-state index in [1.807, 2.05) is 39.8 Å². The van der Waals surface area contributed by atoms with Crippen molar-refractivity contribution >= 4 is 19.0 Å². The fourth-order valence-corrected chi connectivity index (χ4v) is 7.12. The van der Waals surface area contributed by atoms with E-state index in [0.29, 0.717) is 54.4 Å². The fraction of sp³-hybridized carbons (Fsp3) is 0.724. The van der Waals surface area contributed by atoms with Crippen LogP contribution in [0.3, 0.4) is 0 Å². The molecule has 10 nitrogen and oxygen atoms in total. The van der Waals surface area contributed by atoms with E-state index in [0.717, 1.165) is 17.5 Å². The highest BCUT2D eigenvalue weighted by atomic mass is 16.7. The number of esters is 1. The summed E-state index contributed by atoms with van der Waals surface area (Å²) in [5, 5.41) is 3.33. The minimum atomic E-state index is -0.663. The number of carbonyl (C=O) groups is 2. The normalized spacial score (nSPS) is 28.6. The lowest BCUT2D eigenvalue weighted by Crippen LogP contribution is -2.65. The van der Waals surface area contributed by atoms with E-state index in [9.17, 15) is 9.59 Å². The highest BCUT2D eigenvalue weighted by molar-refractivity contribution is 6.45. The summed E-state index contributed by atoms with van der Waals surface area (Å²) < 4.78 is 25.0. The number of aryl methyl sites for hydroxylation is 1. The predicted molar refractivity (Wildman–Crippen MR) is 150 cm³/mol. The zero-order chi connectivity index (χ0) is 29.0. The van der Waals surface area contributed by atoms with Crippen LogP contribution in [-0.4, -0.2) is 66.9 Å². The molecule has 2 heterocycles. The molecular formula is C29H41BN4O6. The van der Waals surface area contributed by atoms with Gasteiger partial charge in [0, 0.05) is 4.91 Å². The molecular weight excluding hydrogens is 511 g/mol. The van der Waals surface area contributed by atoms with Crippen LogP contribution in [0.5, 0.6) is 5.75 Å². The molecule has 1 aromatic carbocycles. The Hall–Kier alpha value is -2.75. The van der Waals surface area contributed by atoms with Crippen molar-refractivity contribution in [1.82, 2.24) is 4.90 Å². The Balaban J connectivity index is 1.28. The van der Waals surface area contributed by atoms with Crippen LogP contribution in [0.2, 0.25) is 6.32 Å². The van der Waals surface area contributed by atoms with Crippen molar-refractivity contribution in [1.29, 1.82) is 0 Å². The lowest BCUT2D eigenvalue weighted by atomic mass is 9.43. The van der Waals surface area contributed by atoms with Gasteiger partial charge in [-0.1, -0.05) is 25.0 Å². The molecule has 3 aliphatic carbocycles. The number of hydrogen-bond acceptors (Lipinski definition) is 7. The second-order valence-corrected chi connectivity index (χ2v) is 13.6. The van der Waals surface area contributed by atoms with Crippen molar-refractivity contribution in [3.63, 3.8) is 0 Å². The second-order valence-electron chi connectivity index (χ2n) is 13.6. The Kier molecular flexibility index (Phi) is 7.38. The van der Waals surface area contributed by atoms with Crippen molar-refractivity contribution < 1.29 is 28.4 Å². The number of amides is 1. The van der Waals surface area contributed by atoms with Crippen molar-refractivity contribution in [2.24, 2.45) is 22.4 Å². The molecule has 1 aromatic rings. The van der Waals surface area contributed by atoms with Crippen LogP contribution in [0.25, 0.3) is 10.4 Å². The van der Waals surface area contributed by atoms with Gasteiger partial charge >= 0.3 is 13.1 Å². The largest absolute Gasteiger partial charge is 0.486 e. The number of nitrogens with zero attached hydrogens (tertiary/aromatic N) is 4. The van der Waals surface area contributed by atoms with Gasteiger partial charge < -0.3 is 23.7 Å². The SMILES string of the molecule is Cc1c(CCB2O[C@@H]3C[C@@H]4C[C@@H](C4(C)C)[C@]3(C)O2)ccc(OC2CN(C(=O)CN=[N+]=[N-])C2)c1C(=O)OC(C)(C)C. The highest BCUT2D eigenvalue weighted by Gasteiger charge is 2.67. The summed E-state index contributed by atoms with van der Waals surface area (Å²) in [6.45, 7) is 14.9. The molecule has 2 saturated heterocycles. The average molecular weight is 552 g/mol. The van der Waals surface area contributed by atoms with E-state index in [2.05, 4.69) is 30.8 Å². The summed E-state index contributed by atoms with van der Waals surface area (Å²) in [7, 11) is -0.269. The van der Waals surface area contributed by atoms with Gasteiger partial charge in [0.15, 0.2) is 0 Å². The third kappa shape index (κ3) is 5.19. The zero-order valence-electron chi connectivity index (χ0n) is 24.7. The molecule has 1 amide bonds. The highest BCUT2D eigenvalue weighted by Crippen LogP contribution is 2.65. The Morgan fingerprint density at radius 3 is 2.60 bits per heavy atom. The van der Waals surface area contributed by atoms with Gasteiger partial charge in [0.1, 0.15) is 29.6 Å². The Bertz CT molecular complexity index is 1240. The predicted octanol–water partition coefficient (Wildman–Crippen LogP) is 5.12. The van der Waals surface area contributed by atoms with E-state index in [1.165, 1.54) is 6.42 Å². The quantitative estimate of drug-likeness (QED) is 0.145. The number of benzene rings is 1. The lowest BCUT2D eigenvalue weighted by molar-refractivity contribution is -0.199. The van der Waals surface area contributed by atoms with Crippen LogP contribution < -0.4 is 4.74 Å². The molecule has 0 spiro atoms. The summed E-state index contributed by atoms with van der Waals surface area (Å²) in [6.07, 6.45) is 3.54. The van der Waals surface area contributed by atoms with Crippen LogP contribution in [-0.2, 0) is 25.3 Å². The first-order valence-electron chi connectivity index (χ1n) is 14.4. The summed E-state index contributed by atoms with van der Waals surface area (Å²) >= 11 is 0. The first-order valence-corrected chi connectivity index (χ1v) is 14.4. The third-order valence-corrected chi connectivity index (χ3v) is 9.56. The third-order valence-electron chi connectivity index (χ3n) is 9.56. The number of carbonyl (C=O) groups excluding carboxylic acids is 2. The summed E-state index contributed by atoms with van der Waals surface area (Å²) in [5.41, 5.74) is 10.1. The number of likely N-dealkylation sites (tertiary alicyclic amines) is 1. The smallest absolute Gasteiger partial charge is 0.457 e. The maximum Gasteiger partial charge on any atom is 0.457 e. The first-order chi connectivity index (χ1) is 18.7.